The molecule has 2 aromatic rings. The molecule has 24 heavy (non-hydrogen) atoms. The topological polar surface area (TPSA) is 26.3 Å². The molecule has 0 amide bonds. The molecule has 1 heterocycles. The van der Waals surface area contributed by atoms with Gasteiger partial charge in [-0.3, -0.25) is 4.79 Å². The number of hydrogen-bond acceptors (Lipinski definition) is 2. The van der Waals surface area contributed by atoms with E-state index >= 15 is 0 Å². The lowest BCUT2D eigenvalue weighted by atomic mass is 9.76. The monoisotopic (exact) mass is 400 g/mol. The van der Waals surface area contributed by atoms with Crippen LogP contribution in [0.1, 0.15) is 24.0 Å². The SMILES string of the molecule is C#CCC1(c2ccccc2)C/C(=C(\Br)c2ccc(Cl)cc2)OC1=O. The van der Waals surface area contributed by atoms with Crippen LogP contribution in [-0.2, 0) is 14.9 Å². The van der Waals surface area contributed by atoms with Crippen LogP contribution in [0.5, 0.6) is 0 Å². The smallest absolute Gasteiger partial charge is 0.323 e. The Morgan fingerprint density at radius 3 is 2.50 bits per heavy atom. The van der Waals surface area contributed by atoms with Gasteiger partial charge in [0.05, 0.1) is 4.48 Å². The van der Waals surface area contributed by atoms with Crippen LogP contribution in [0.25, 0.3) is 4.48 Å². The first-order valence-electron chi connectivity index (χ1n) is 7.43. The highest BCUT2D eigenvalue weighted by Gasteiger charge is 2.48. The molecule has 0 spiro atoms. The van der Waals surface area contributed by atoms with Crippen molar-refractivity contribution in [3.05, 3.63) is 76.5 Å². The van der Waals surface area contributed by atoms with Gasteiger partial charge in [0, 0.05) is 17.9 Å². The highest BCUT2D eigenvalue weighted by Crippen LogP contribution is 2.45. The maximum Gasteiger partial charge on any atom is 0.323 e. The van der Waals surface area contributed by atoms with Crippen LogP contribution < -0.4 is 0 Å². The number of allylic oxidation sites excluding steroid dienone is 1. The predicted molar refractivity (Wildman–Crippen MR) is 99.6 cm³/mol. The fraction of sp³-hybridized carbons (Fsp3) is 0.150. The van der Waals surface area contributed by atoms with Crippen molar-refractivity contribution in [2.24, 2.45) is 0 Å². The normalized spacial score (nSPS) is 22.0. The Hall–Kier alpha value is -2.02. The van der Waals surface area contributed by atoms with Gasteiger partial charge >= 0.3 is 5.97 Å². The summed E-state index contributed by atoms with van der Waals surface area (Å²) in [6, 6.07) is 16.9. The summed E-state index contributed by atoms with van der Waals surface area (Å²) in [5.74, 6) is 2.90. The number of hydrogen-bond donors (Lipinski definition) is 0. The second kappa shape index (κ2) is 6.84. The summed E-state index contributed by atoms with van der Waals surface area (Å²) in [6.45, 7) is 0. The van der Waals surface area contributed by atoms with E-state index in [1.807, 2.05) is 42.5 Å². The zero-order chi connectivity index (χ0) is 17.2. The van der Waals surface area contributed by atoms with Crippen molar-refractivity contribution < 1.29 is 9.53 Å². The van der Waals surface area contributed by atoms with Crippen molar-refractivity contribution in [3.8, 4) is 12.3 Å². The van der Waals surface area contributed by atoms with Gasteiger partial charge in [0.2, 0.25) is 0 Å². The molecule has 2 nitrogen and oxygen atoms in total. The second-order valence-electron chi connectivity index (χ2n) is 5.64. The maximum absolute atomic E-state index is 12.7. The van der Waals surface area contributed by atoms with Gasteiger partial charge in [0.15, 0.2) is 0 Å². The number of rotatable bonds is 3. The Labute approximate surface area is 154 Å². The summed E-state index contributed by atoms with van der Waals surface area (Å²) in [6.07, 6.45) is 6.25. The molecule has 1 aliphatic heterocycles. The Bertz CT molecular complexity index is 834. The molecule has 0 aliphatic carbocycles. The molecule has 4 heteroatoms. The van der Waals surface area contributed by atoms with Crippen LogP contribution in [0.3, 0.4) is 0 Å². The molecule has 120 valence electrons. The Kier molecular flexibility index (Phi) is 4.80. The van der Waals surface area contributed by atoms with Crippen LogP contribution in [0.2, 0.25) is 5.02 Å². The number of cyclic esters (lactones) is 1. The van der Waals surface area contributed by atoms with Crippen LogP contribution in [-0.4, -0.2) is 5.97 Å². The molecule has 0 radical (unpaired) electrons. The quantitative estimate of drug-likeness (QED) is 0.514. The van der Waals surface area contributed by atoms with Gasteiger partial charge in [-0.1, -0.05) is 54.1 Å². The van der Waals surface area contributed by atoms with E-state index in [4.69, 9.17) is 22.8 Å². The van der Waals surface area contributed by atoms with Crippen LogP contribution in [0.15, 0.2) is 60.4 Å². The summed E-state index contributed by atoms with van der Waals surface area (Å²) < 4.78 is 6.33. The minimum absolute atomic E-state index is 0.292. The number of carbonyl (C=O) groups is 1. The summed E-state index contributed by atoms with van der Waals surface area (Å²) in [5, 5.41) is 0.651. The number of halogens is 2. The van der Waals surface area contributed by atoms with Crippen molar-refractivity contribution in [1.29, 1.82) is 0 Å². The lowest BCUT2D eigenvalue weighted by molar-refractivity contribution is -0.140. The lowest BCUT2D eigenvalue weighted by Gasteiger charge is -2.22. The van der Waals surface area contributed by atoms with Crippen LogP contribution >= 0.6 is 27.5 Å². The van der Waals surface area contributed by atoms with E-state index in [2.05, 4.69) is 21.9 Å². The fourth-order valence-electron chi connectivity index (χ4n) is 2.86. The highest BCUT2D eigenvalue weighted by atomic mass is 79.9. The molecule has 0 N–H and O–H groups in total. The van der Waals surface area contributed by atoms with Gasteiger partial charge in [0.25, 0.3) is 0 Å². The van der Waals surface area contributed by atoms with E-state index in [0.29, 0.717) is 23.6 Å². The number of benzene rings is 2. The van der Waals surface area contributed by atoms with Gasteiger partial charge < -0.3 is 4.74 Å². The fourth-order valence-corrected chi connectivity index (χ4v) is 3.47. The van der Waals surface area contributed by atoms with E-state index < -0.39 is 5.41 Å². The van der Waals surface area contributed by atoms with Crippen molar-refractivity contribution >= 4 is 38.0 Å². The zero-order valence-electron chi connectivity index (χ0n) is 12.8. The van der Waals surface area contributed by atoms with E-state index in [1.165, 1.54) is 0 Å². The second-order valence-corrected chi connectivity index (χ2v) is 6.87. The number of ether oxygens (including phenoxy) is 1. The summed E-state index contributed by atoms with van der Waals surface area (Å²) in [5.41, 5.74) is 0.933. The van der Waals surface area contributed by atoms with Gasteiger partial charge in [-0.15, -0.1) is 12.3 Å². The van der Waals surface area contributed by atoms with Crippen molar-refractivity contribution in [2.75, 3.05) is 0 Å². The Balaban J connectivity index is 2.04. The van der Waals surface area contributed by atoms with Crippen LogP contribution in [0, 0.1) is 12.3 Å². The third-order valence-corrected chi connectivity index (χ3v) is 5.29. The molecule has 1 aliphatic rings. The molecule has 2 aromatic carbocycles. The molecule has 1 saturated heterocycles. The van der Waals surface area contributed by atoms with E-state index in [-0.39, 0.29) is 5.97 Å². The Morgan fingerprint density at radius 2 is 1.88 bits per heavy atom. The van der Waals surface area contributed by atoms with Gasteiger partial charge in [-0.25, -0.2) is 0 Å². The van der Waals surface area contributed by atoms with Crippen molar-refractivity contribution in [2.45, 2.75) is 18.3 Å². The zero-order valence-corrected chi connectivity index (χ0v) is 15.1. The number of esters is 1. The van der Waals surface area contributed by atoms with Gasteiger partial charge in [-0.05, 0) is 39.2 Å². The Morgan fingerprint density at radius 1 is 1.21 bits per heavy atom. The van der Waals surface area contributed by atoms with Gasteiger partial charge in [0.1, 0.15) is 11.2 Å². The van der Waals surface area contributed by atoms with E-state index in [1.54, 1.807) is 12.1 Å². The molecular weight excluding hydrogens is 388 g/mol. The third kappa shape index (κ3) is 3.00. The maximum atomic E-state index is 12.7. The first-order chi connectivity index (χ1) is 11.6. The molecular formula is C20H14BrClO2. The largest absolute Gasteiger partial charge is 0.429 e. The average Bonchev–Trinajstić information content (AvgIpc) is 2.94. The minimum Gasteiger partial charge on any atom is -0.429 e. The molecule has 0 saturated carbocycles. The number of terminal acetylenes is 1. The van der Waals surface area contributed by atoms with Crippen molar-refractivity contribution in [3.63, 3.8) is 0 Å². The third-order valence-electron chi connectivity index (χ3n) is 4.14. The molecule has 0 aromatic heterocycles. The van der Waals surface area contributed by atoms with Gasteiger partial charge in [-0.2, -0.15) is 0 Å². The summed E-state index contributed by atoms with van der Waals surface area (Å²) in [7, 11) is 0. The molecule has 1 atom stereocenters. The van der Waals surface area contributed by atoms with E-state index in [0.717, 1.165) is 15.6 Å². The number of carbonyl (C=O) groups excluding carboxylic acids is 1. The standard InChI is InChI=1S/C20H14BrClO2/c1-2-12-20(15-6-4-3-5-7-15)13-17(24-19(20)23)18(21)14-8-10-16(22)11-9-14/h1,3-11H,12-13H2/b18-17+. The molecule has 3 rings (SSSR count). The summed E-state index contributed by atoms with van der Waals surface area (Å²) >= 11 is 9.47. The predicted octanol–water partition coefficient (Wildman–Crippen LogP) is 5.31. The van der Waals surface area contributed by atoms with E-state index in [9.17, 15) is 4.79 Å². The highest BCUT2D eigenvalue weighted by molar-refractivity contribution is 9.15. The lowest BCUT2D eigenvalue weighted by Crippen LogP contribution is -2.30. The molecule has 1 fully saturated rings. The first-order valence-corrected chi connectivity index (χ1v) is 8.60. The minimum atomic E-state index is -0.837. The molecule has 1 unspecified atom stereocenters. The first kappa shape index (κ1) is 16.8. The molecule has 0 bridgehead atoms. The van der Waals surface area contributed by atoms with Crippen LogP contribution in [0.4, 0.5) is 0 Å². The summed E-state index contributed by atoms with van der Waals surface area (Å²) in [4.78, 5) is 12.7. The average molecular weight is 402 g/mol. The van der Waals surface area contributed by atoms with Crippen molar-refractivity contribution in [1.82, 2.24) is 0 Å².